The standard InChI is InChI=1S/C10H19F3N2O2/c1-3-9(2,4-5-16)15-8(17)6-14-7-10(11,12)13/h14,16H,3-7H2,1-2H3,(H,15,17). The minimum absolute atomic E-state index is 0.0827. The van der Waals surface area contributed by atoms with Crippen molar-refractivity contribution in [3.8, 4) is 0 Å². The SMILES string of the molecule is CCC(C)(CCO)NC(=O)CNCC(F)(F)F. The van der Waals surface area contributed by atoms with Gasteiger partial charge >= 0.3 is 6.18 Å². The van der Waals surface area contributed by atoms with E-state index in [1.807, 2.05) is 12.2 Å². The van der Waals surface area contributed by atoms with Crippen molar-refractivity contribution in [3.05, 3.63) is 0 Å². The van der Waals surface area contributed by atoms with E-state index in [0.29, 0.717) is 12.8 Å². The Balaban J connectivity index is 4.00. The van der Waals surface area contributed by atoms with Crippen molar-refractivity contribution >= 4 is 5.91 Å². The zero-order valence-corrected chi connectivity index (χ0v) is 10.0. The zero-order valence-electron chi connectivity index (χ0n) is 10.0. The maximum atomic E-state index is 11.8. The van der Waals surface area contributed by atoms with Gasteiger partial charge in [-0.15, -0.1) is 0 Å². The first kappa shape index (κ1) is 16.2. The molecule has 0 spiro atoms. The number of carbonyl (C=O) groups excluding carboxylic acids is 1. The number of halogens is 3. The number of carbonyl (C=O) groups is 1. The fourth-order valence-corrected chi connectivity index (χ4v) is 1.27. The van der Waals surface area contributed by atoms with Crippen molar-refractivity contribution < 1.29 is 23.1 Å². The second-order valence-corrected chi connectivity index (χ2v) is 4.15. The van der Waals surface area contributed by atoms with Gasteiger partial charge in [-0.25, -0.2) is 0 Å². The highest BCUT2D eigenvalue weighted by molar-refractivity contribution is 5.78. The van der Waals surface area contributed by atoms with E-state index in [9.17, 15) is 18.0 Å². The number of nitrogens with one attached hydrogen (secondary N) is 2. The van der Waals surface area contributed by atoms with E-state index in [2.05, 4.69) is 5.32 Å². The Bertz CT molecular complexity index is 246. The van der Waals surface area contributed by atoms with Gasteiger partial charge in [0, 0.05) is 12.1 Å². The van der Waals surface area contributed by atoms with Gasteiger partial charge in [0.2, 0.25) is 5.91 Å². The maximum absolute atomic E-state index is 11.8. The van der Waals surface area contributed by atoms with E-state index in [1.165, 1.54) is 0 Å². The van der Waals surface area contributed by atoms with Crippen LogP contribution in [0.2, 0.25) is 0 Å². The van der Waals surface area contributed by atoms with Crippen LogP contribution >= 0.6 is 0 Å². The molecule has 7 heteroatoms. The van der Waals surface area contributed by atoms with Crippen LogP contribution in [0.3, 0.4) is 0 Å². The molecular weight excluding hydrogens is 237 g/mol. The van der Waals surface area contributed by atoms with Gasteiger partial charge in [-0.3, -0.25) is 4.79 Å². The number of amides is 1. The highest BCUT2D eigenvalue weighted by Gasteiger charge is 2.27. The van der Waals surface area contributed by atoms with Crippen LogP contribution in [0.25, 0.3) is 0 Å². The third-order valence-corrected chi connectivity index (χ3v) is 2.50. The summed E-state index contributed by atoms with van der Waals surface area (Å²) in [5.74, 6) is -0.507. The number of alkyl halides is 3. The van der Waals surface area contributed by atoms with Crippen LogP contribution in [0.15, 0.2) is 0 Å². The number of hydrogen-bond acceptors (Lipinski definition) is 3. The van der Waals surface area contributed by atoms with Crippen molar-refractivity contribution in [2.45, 2.75) is 38.4 Å². The predicted octanol–water partition coefficient (Wildman–Crippen LogP) is 0.806. The lowest BCUT2D eigenvalue weighted by Gasteiger charge is -2.29. The molecular formula is C10H19F3N2O2. The Morgan fingerprint density at radius 3 is 2.35 bits per heavy atom. The van der Waals surface area contributed by atoms with Crippen molar-refractivity contribution in [3.63, 3.8) is 0 Å². The third kappa shape index (κ3) is 7.98. The van der Waals surface area contributed by atoms with Gasteiger partial charge in [-0.05, 0) is 19.8 Å². The van der Waals surface area contributed by atoms with Crippen molar-refractivity contribution in [2.75, 3.05) is 19.7 Å². The molecule has 1 amide bonds. The van der Waals surface area contributed by atoms with Crippen LogP contribution < -0.4 is 10.6 Å². The molecule has 0 aliphatic rings. The van der Waals surface area contributed by atoms with Crippen LogP contribution in [0.5, 0.6) is 0 Å². The summed E-state index contributed by atoms with van der Waals surface area (Å²) in [5, 5.41) is 13.4. The van der Waals surface area contributed by atoms with Crippen LogP contribution in [-0.4, -0.2) is 42.4 Å². The van der Waals surface area contributed by atoms with E-state index >= 15 is 0 Å². The van der Waals surface area contributed by atoms with E-state index < -0.39 is 24.2 Å². The molecule has 0 heterocycles. The molecule has 4 nitrogen and oxygen atoms in total. The largest absolute Gasteiger partial charge is 0.401 e. The zero-order chi connectivity index (χ0) is 13.5. The van der Waals surface area contributed by atoms with Gasteiger partial charge in [-0.2, -0.15) is 13.2 Å². The molecule has 0 fully saturated rings. The lowest BCUT2D eigenvalue weighted by molar-refractivity contribution is -0.129. The Kier molecular flexibility index (Phi) is 6.48. The maximum Gasteiger partial charge on any atom is 0.401 e. The fraction of sp³-hybridized carbons (Fsp3) is 0.900. The van der Waals surface area contributed by atoms with Gasteiger partial charge in [-0.1, -0.05) is 6.92 Å². The summed E-state index contributed by atoms with van der Waals surface area (Å²) < 4.78 is 35.4. The van der Waals surface area contributed by atoms with Crippen LogP contribution in [0.4, 0.5) is 13.2 Å². The highest BCUT2D eigenvalue weighted by Crippen LogP contribution is 2.14. The van der Waals surface area contributed by atoms with Crippen LogP contribution in [0.1, 0.15) is 26.7 Å². The van der Waals surface area contributed by atoms with Crippen molar-refractivity contribution in [1.29, 1.82) is 0 Å². The molecule has 102 valence electrons. The molecule has 0 rings (SSSR count). The van der Waals surface area contributed by atoms with E-state index in [4.69, 9.17) is 5.11 Å². The fourth-order valence-electron chi connectivity index (χ4n) is 1.27. The molecule has 0 aliphatic heterocycles. The molecule has 0 saturated heterocycles. The minimum atomic E-state index is -4.32. The van der Waals surface area contributed by atoms with Crippen molar-refractivity contribution in [2.24, 2.45) is 0 Å². The van der Waals surface area contributed by atoms with E-state index in [-0.39, 0.29) is 13.2 Å². The highest BCUT2D eigenvalue weighted by atomic mass is 19.4. The average molecular weight is 256 g/mol. The molecule has 0 aromatic carbocycles. The first-order valence-electron chi connectivity index (χ1n) is 5.42. The summed E-state index contributed by atoms with van der Waals surface area (Å²) in [6, 6.07) is 0. The summed E-state index contributed by atoms with van der Waals surface area (Å²) >= 11 is 0. The summed E-state index contributed by atoms with van der Waals surface area (Å²) in [7, 11) is 0. The molecule has 0 bridgehead atoms. The molecule has 0 saturated carbocycles. The Labute approximate surface area is 98.6 Å². The molecule has 3 N–H and O–H groups in total. The topological polar surface area (TPSA) is 61.4 Å². The summed E-state index contributed by atoms with van der Waals surface area (Å²) in [6.07, 6.45) is -3.35. The minimum Gasteiger partial charge on any atom is -0.396 e. The summed E-state index contributed by atoms with van der Waals surface area (Å²) in [5.41, 5.74) is -0.578. The van der Waals surface area contributed by atoms with Gasteiger partial charge < -0.3 is 15.7 Å². The molecule has 1 atom stereocenters. The second-order valence-electron chi connectivity index (χ2n) is 4.15. The van der Waals surface area contributed by atoms with Crippen LogP contribution in [0, 0.1) is 0 Å². The quantitative estimate of drug-likeness (QED) is 0.631. The third-order valence-electron chi connectivity index (χ3n) is 2.50. The van der Waals surface area contributed by atoms with Gasteiger partial charge in [0.25, 0.3) is 0 Å². The van der Waals surface area contributed by atoms with E-state index in [0.717, 1.165) is 0 Å². The molecule has 0 radical (unpaired) electrons. The Morgan fingerprint density at radius 2 is 1.94 bits per heavy atom. The monoisotopic (exact) mass is 256 g/mol. The summed E-state index contributed by atoms with van der Waals surface area (Å²) in [6.45, 7) is 1.91. The Hall–Kier alpha value is -0.820. The first-order chi connectivity index (χ1) is 7.72. The van der Waals surface area contributed by atoms with Gasteiger partial charge in [0.05, 0.1) is 13.1 Å². The normalized spacial score (nSPS) is 15.4. The molecule has 1 unspecified atom stereocenters. The summed E-state index contributed by atoms with van der Waals surface area (Å²) in [4.78, 5) is 11.4. The Morgan fingerprint density at radius 1 is 1.35 bits per heavy atom. The lowest BCUT2D eigenvalue weighted by Crippen LogP contribution is -2.49. The van der Waals surface area contributed by atoms with Gasteiger partial charge in [0.1, 0.15) is 0 Å². The van der Waals surface area contributed by atoms with Crippen molar-refractivity contribution in [1.82, 2.24) is 10.6 Å². The molecule has 0 aliphatic carbocycles. The molecule has 17 heavy (non-hydrogen) atoms. The number of hydrogen-bond donors (Lipinski definition) is 3. The first-order valence-corrected chi connectivity index (χ1v) is 5.42. The van der Waals surface area contributed by atoms with Crippen LogP contribution in [-0.2, 0) is 4.79 Å². The number of aliphatic hydroxyl groups excluding tert-OH is 1. The predicted molar refractivity (Wildman–Crippen MR) is 57.5 cm³/mol. The lowest BCUT2D eigenvalue weighted by atomic mass is 9.95. The number of aliphatic hydroxyl groups is 1. The van der Waals surface area contributed by atoms with Gasteiger partial charge in [0.15, 0.2) is 0 Å². The second kappa shape index (κ2) is 6.80. The van der Waals surface area contributed by atoms with E-state index in [1.54, 1.807) is 6.92 Å². The smallest absolute Gasteiger partial charge is 0.396 e. The average Bonchev–Trinajstić information content (AvgIpc) is 2.15. The molecule has 0 aromatic rings. The molecule has 0 aromatic heterocycles. The number of rotatable bonds is 7.